The SMILES string of the molecule is CCCN(CCNCC1CCC1)C(=O)OC(C)(C)C. The van der Waals surface area contributed by atoms with E-state index in [-0.39, 0.29) is 6.09 Å². The first kappa shape index (κ1) is 16.3. The highest BCUT2D eigenvalue weighted by Gasteiger charge is 2.21. The molecule has 0 bridgehead atoms. The third kappa shape index (κ3) is 6.81. The maximum Gasteiger partial charge on any atom is 0.410 e. The maximum absolute atomic E-state index is 12.0. The van der Waals surface area contributed by atoms with Crippen molar-refractivity contribution < 1.29 is 9.53 Å². The van der Waals surface area contributed by atoms with Crippen molar-refractivity contribution in [2.45, 2.75) is 59.0 Å². The molecular formula is C15H30N2O2. The molecule has 0 spiro atoms. The molecule has 4 heteroatoms. The molecule has 0 aromatic carbocycles. The van der Waals surface area contributed by atoms with E-state index in [9.17, 15) is 4.79 Å². The van der Waals surface area contributed by atoms with Gasteiger partial charge in [-0.3, -0.25) is 0 Å². The molecule has 0 heterocycles. The van der Waals surface area contributed by atoms with Gasteiger partial charge in [0.25, 0.3) is 0 Å². The Bertz CT molecular complexity index is 270. The molecule has 1 fully saturated rings. The van der Waals surface area contributed by atoms with E-state index in [4.69, 9.17) is 4.74 Å². The first-order valence-electron chi connectivity index (χ1n) is 7.61. The number of hydrogen-bond donors (Lipinski definition) is 1. The van der Waals surface area contributed by atoms with Crippen LogP contribution in [-0.4, -0.2) is 42.8 Å². The van der Waals surface area contributed by atoms with Gasteiger partial charge in [-0.2, -0.15) is 0 Å². The van der Waals surface area contributed by atoms with Gasteiger partial charge in [0.05, 0.1) is 0 Å². The van der Waals surface area contributed by atoms with Gasteiger partial charge in [-0.05, 0) is 52.5 Å². The minimum atomic E-state index is -0.414. The molecule has 1 saturated carbocycles. The Morgan fingerprint density at radius 3 is 2.47 bits per heavy atom. The molecular weight excluding hydrogens is 240 g/mol. The quantitative estimate of drug-likeness (QED) is 0.723. The summed E-state index contributed by atoms with van der Waals surface area (Å²) in [5, 5.41) is 3.44. The van der Waals surface area contributed by atoms with E-state index in [2.05, 4.69) is 12.2 Å². The second-order valence-corrected chi connectivity index (χ2v) is 6.47. The molecule has 1 N–H and O–H groups in total. The Hall–Kier alpha value is -0.770. The van der Waals surface area contributed by atoms with Gasteiger partial charge < -0.3 is 15.0 Å². The lowest BCUT2D eigenvalue weighted by molar-refractivity contribution is 0.0251. The number of rotatable bonds is 7. The summed E-state index contributed by atoms with van der Waals surface area (Å²) in [6, 6.07) is 0. The molecule has 0 saturated heterocycles. The predicted octanol–water partition coefficient (Wildman–Crippen LogP) is 3.02. The van der Waals surface area contributed by atoms with E-state index < -0.39 is 5.60 Å². The molecule has 0 atom stereocenters. The number of nitrogens with one attached hydrogen (secondary N) is 1. The second kappa shape index (κ2) is 7.73. The highest BCUT2D eigenvalue weighted by atomic mass is 16.6. The largest absolute Gasteiger partial charge is 0.444 e. The lowest BCUT2D eigenvalue weighted by Gasteiger charge is -2.28. The van der Waals surface area contributed by atoms with Gasteiger partial charge in [0.15, 0.2) is 0 Å². The fourth-order valence-corrected chi connectivity index (χ4v) is 2.11. The average molecular weight is 270 g/mol. The molecule has 0 aromatic heterocycles. The van der Waals surface area contributed by atoms with Crippen molar-refractivity contribution in [3.63, 3.8) is 0 Å². The molecule has 0 aromatic rings. The topological polar surface area (TPSA) is 41.6 Å². The standard InChI is InChI=1S/C15H30N2O2/c1-5-10-17(14(18)19-15(2,3)4)11-9-16-12-13-7-6-8-13/h13,16H,5-12H2,1-4H3. The van der Waals surface area contributed by atoms with Gasteiger partial charge in [-0.15, -0.1) is 0 Å². The minimum Gasteiger partial charge on any atom is -0.444 e. The molecule has 4 nitrogen and oxygen atoms in total. The number of nitrogens with zero attached hydrogens (tertiary/aromatic N) is 1. The molecule has 1 aliphatic carbocycles. The van der Waals surface area contributed by atoms with Crippen LogP contribution in [0, 0.1) is 5.92 Å². The van der Waals surface area contributed by atoms with Crippen LogP contribution >= 0.6 is 0 Å². The fourth-order valence-electron chi connectivity index (χ4n) is 2.11. The van der Waals surface area contributed by atoms with Crippen molar-refractivity contribution in [2.75, 3.05) is 26.2 Å². The number of amides is 1. The summed E-state index contributed by atoms with van der Waals surface area (Å²) in [5.74, 6) is 0.862. The minimum absolute atomic E-state index is 0.195. The van der Waals surface area contributed by atoms with Gasteiger partial charge in [-0.1, -0.05) is 13.3 Å². The van der Waals surface area contributed by atoms with E-state index in [0.29, 0.717) is 0 Å². The van der Waals surface area contributed by atoms with Crippen LogP contribution in [0.15, 0.2) is 0 Å². The normalized spacial score (nSPS) is 16.0. The number of carbonyl (C=O) groups is 1. The Balaban J connectivity index is 2.23. The Kier molecular flexibility index (Phi) is 6.63. The molecule has 0 unspecified atom stereocenters. The highest BCUT2D eigenvalue weighted by molar-refractivity contribution is 5.68. The van der Waals surface area contributed by atoms with Crippen molar-refractivity contribution in [3.8, 4) is 0 Å². The van der Waals surface area contributed by atoms with E-state index >= 15 is 0 Å². The number of ether oxygens (including phenoxy) is 1. The zero-order valence-corrected chi connectivity index (χ0v) is 13.0. The Labute approximate surface area is 117 Å². The smallest absolute Gasteiger partial charge is 0.410 e. The molecule has 1 aliphatic rings. The van der Waals surface area contributed by atoms with E-state index in [0.717, 1.165) is 38.5 Å². The van der Waals surface area contributed by atoms with Crippen LogP contribution in [0.2, 0.25) is 0 Å². The van der Waals surface area contributed by atoms with Crippen LogP contribution < -0.4 is 5.32 Å². The average Bonchev–Trinajstić information content (AvgIpc) is 2.22. The van der Waals surface area contributed by atoms with Crippen LogP contribution in [-0.2, 0) is 4.74 Å². The van der Waals surface area contributed by atoms with Gasteiger partial charge in [0.1, 0.15) is 5.60 Å². The zero-order chi connectivity index (χ0) is 14.3. The van der Waals surface area contributed by atoms with Crippen LogP contribution in [0.5, 0.6) is 0 Å². The summed E-state index contributed by atoms with van der Waals surface area (Å²) in [6.07, 6.45) is 4.86. The maximum atomic E-state index is 12.0. The first-order chi connectivity index (χ1) is 8.92. The molecule has 0 radical (unpaired) electrons. The van der Waals surface area contributed by atoms with Crippen molar-refractivity contribution in [1.29, 1.82) is 0 Å². The van der Waals surface area contributed by atoms with Crippen molar-refractivity contribution >= 4 is 6.09 Å². The van der Waals surface area contributed by atoms with Gasteiger partial charge in [0.2, 0.25) is 0 Å². The summed E-state index contributed by atoms with van der Waals surface area (Å²) < 4.78 is 5.42. The monoisotopic (exact) mass is 270 g/mol. The first-order valence-corrected chi connectivity index (χ1v) is 7.61. The van der Waals surface area contributed by atoms with Crippen LogP contribution in [0.25, 0.3) is 0 Å². The third-order valence-electron chi connectivity index (χ3n) is 3.36. The van der Waals surface area contributed by atoms with Gasteiger partial charge in [-0.25, -0.2) is 4.79 Å². The predicted molar refractivity (Wildman–Crippen MR) is 78.3 cm³/mol. The summed E-state index contributed by atoms with van der Waals surface area (Å²) in [6.45, 7) is 11.2. The molecule has 0 aliphatic heterocycles. The second-order valence-electron chi connectivity index (χ2n) is 6.47. The summed E-state index contributed by atoms with van der Waals surface area (Å²) in [5.41, 5.74) is -0.414. The molecule has 112 valence electrons. The highest BCUT2D eigenvalue weighted by Crippen LogP contribution is 2.24. The van der Waals surface area contributed by atoms with E-state index in [1.807, 2.05) is 20.8 Å². The Morgan fingerprint density at radius 2 is 2.00 bits per heavy atom. The molecule has 1 rings (SSSR count). The van der Waals surface area contributed by atoms with Crippen molar-refractivity contribution in [3.05, 3.63) is 0 Å². The molecule has 19 heavy (non-hydrogen) atoms. The summed E-state index contributed by atoms with van der Waals surface area (Å²) >= 11 is 0. The van der Waals surface area contributed by atoms with E-state index in [1.54, 1.807) is 4.90 Å². The van der Waals surface area contributed by atoms with Gasteiger partial charge >= 0.3 is 6.09 Å². The van der Waals surface area contributed by atoms with E-state index in [1.165, 1.54) is 19.3 Å². The number of hydrogen-bond acceptors (Lipinski definition) is 3. The van der Waals surface area contributed by atoms with Crippen LogP contribution in [0.1, 0.15) is 53.4 Å². The van der Waals surface area contributed by atoms with Crippen molar-refractivity contribution in [1.82, 2.24) is 10.2 Å². The molecule has 1 amide bonds. The Morgan fingerprint density at radius 1 is 1.32 bits per heavy atom. The zero-order valence-electron chi connectivity index (χ0n) is 13.0. The van der Waals surface area contributed by atoms with Crippen LogP contribution in [0.4, 0.5) is 4.79 Å². The van der Waals surface area contributed by atoms with Crippen LogP contribution in [0.3, 0.4) is 0 Å². The third-order valence-corrected chi connectivity index (χ3v) is 3.36. The number of carbonyl (C=O) groups excluding carboxylic acids is 1. The lowest BCUT2D eigenvalue weighted by Crippen LogP contribution is -2.41. The lowest BCUT2D eigenvalue weighted by atomic mass is 9.85. The summed E-state index contributed by atoms with van der Waals surface area (Å²) in [4.78, 5) is 13.8. The van der Waals surface area contributed by atoms with Crippen molar-refractivity contribution in [2.24, 2.45) is 5.92 Å². The summed E-state index contributed by atoms with van der Waals surface area (Å²) in [7, 11) is 0. The fraction of sp³-hybridized carbons (Fsp3) is 0.933. The van der Waals surface area contributed by atoms with Gasteiger partial charge in [0, 0.05) is 19.6 Å².